The van der Waals surface area contributed by atoms with Crippen LogP contribution >= 0.6 is 0 Å². The molecule has 0 fully saturated rings. The van der Waals surface area contributed by atoms with Crippen molar-refractivity contribution in [2.45, 2.75) is 90.6 Å². The monoisotopic (exact) mass is 280 g/mol. The van der Waals surface area contributed by atoms with E-state index in [1.165, 1.54) is 77.2 Å². The summed E-state index contributed by atoms with van der Waals surface area (Å²) in [5.41, 5.74) is 0. The summed E-state index contributed by atoms with van der Waals surface area (Å²) in [5, 5.41) is 0. The van der Waals surface area contributed by atoms with Gasteiger partial charge in [0, 0.05) is 26.0 Å². The van der Waals surface area contributed by atoms with Gasteiger partial charge in [-0.1, -0.05) is 65.2 Å². The highest BCUT2D eigenvalue weighted by Gasteiger charge is 2.21. The quantitative estimate of drug-likeness (QED) is 0.444. The molecule has 0 aromatic heterocycles. The molecule has 0 aromatic carbocycles. The highest BCUT2D eigenvalue weighted by molar-refractivity contribution is 4.95. The van der Waals surface area contributed by atoms with Crippen molar-refractivity contribution in [2.75, 3.05) is 13.6 Å². The van der Waals surface area contributed by atoms with Gasteiger partial charge in [-0.25, -0.2) is 0 Å². The fourth-order valence-corrected chi connectivity index (χ4v) is 3.02. The lowest BCUT2D eigenvalue weighted by Gasteiger charge is -2.30. The van der Waals surface area contributed by atoms with Gasteiger partial charge in [-0.05, 0) is 19.3 Å². The Morgan fingerprint density at radius 3 is 2.00 bits per heavy atom. The third-order valence-corrected chi connectivity index (χ3v) is 4.43. The van der Waals surface area contributed by atoms with Crippen LogP contribution in [-0.4, -0.2) is 29.6 Å². The maximum Gasteiger partial charge on any atom is 0.100 e. The molecule has 0 bridgehead atoms. The molecule has 118 valence electrons. The first-order valence-corrected chi connectivity index (χ1v) is 8.95. The van der Waals surface area contributed by atoms with E-state index in [1.807, 2.05) is 0 Å². The van der Waals surface area contributed by atoms with Crippen LogP contribution in [0.4, 0.5) is 0 Å². The van der Waals surface area contributed by atoms with Gasteiger partial charge in [-0.2, -0.15) is 0 Å². The summed E-state index contributed by atoms with van der Waals surface area (Å²) in [6, 6.07) is 0. The van der Waals surface area contributed by atoms with Crippen molar-refractivity contribution in [3.63, 3.8) is 0 Å². The van der Waals surface area contributed by atoms with Crippen LogP contribution in [-0.2, 0) is 0 Å². The Bertz CT molecular complexity index is 250. The van der Waals surface area contributed by atoms with E-state index in [1.54, 1.807) is 0 Å². The topological polar surface area (TPSA) is 6.48 Å². The summed E-state index contributed by atoms with van der Waals surface area (Å²) in [5.74, 6) is 0. The van der Waals surface area contributed by atoms with E-state index < -0.39 is 0 Å². The van der Waals surface area contributed by atoms with Gasteiger partial charge in [0.15, 0.2) is 0 Å². The number of hydrogen-bond donors (Lipinski definition) is 0. The number of rotatable bonds is 12. The van der Waals surface area contributed by atoms with Crippen LogP contribution in [0.25, 0.3) is 0 Å². The Labute approximate surface area is 127 Å². The maximum absolute atomic E-state index is 2.53. The number of unbranched alkanes of at least 4 members (excludes halogenated alkanes) is 8. The summed E-state index contributed by atoms with van der Waals surface area (Å²) in [4.78, 5) is 4.92. The average molecular weight is 281 g/mol. The van der Waals surface area contributed by atoms with Crippen LogP contribution in [0.5, 0.6) is 0 Å². The Morgan fingerprint density at radius 2 is 1.35 bits per heavy atom. The predicted octanol–water partition coefficient (Wildman–Crippen LogP) is 5.36. The summed E-state index contributed by atoms with van der Waals surface area (Å²) < 4.78 is 0. The zero-order chi connectivity index (χ0) is 14.6. The highest BCUT2D eigenvalue weighted by Crippen LogP contribution is 2.20. The molecular weight excluding hydrogens is 244 g/mol. The molecule has 0 saturated carbocycles. The van der Waals surface area contributed by atoms with Crippen molar-refractivity contribution in [2.24, 2.45) is 0 Å². The molecule has 0 saturated heterocycles. The summed E-state index contributed by atoms with van der Waals surface area (Å²) in [7, 11) is 2.22. The minimum Gasteiger partial charge on any atom is -0.359 e. The average Bonchev–Trinajstić information content (AvgIpc) is 2.80. The zero-order valence-corrected chi connectivity index (χ0v) is 14.1. The number of nitrogens with zero attached hydrogens (tertiary/aromatic N) is 2. The van der Waals surface area contributed by atoms with Gasteiger partial charge in [0.2, 0.25) is 0 Å². The second-order valence-corrected chi connectivity index (χ2v) is 6.30. The molecule has 20 heavy (non-hydrogen) atoms. The SMILES string of the molecule is CCCCCCCCCCC1N(C)C=CN1CCCC. The lowest BCUT2D eigenvalue weighted by molar-refractivity contribution is 0.160. The van der Waals surface area contributed by atoms with Gasteiger partial charge in [-0.3, -0.25) is 0 Å². The molecule has 2 heteroatoms. The standard InChI is InChI=1S/C18H36N2/c1-4-6-8-9-10-11-12-13-14-18-19(3)16-17-20(18)15-7-5-2/h16-18H,4-15H2,1-3H3. The summed E-state index contributed by atoms with van der Waals surface area (Å²) >= 11 is 0. The molecule has 0 N–H and O–H groups in total. The first kappa shape index (κ1) is 17.4. The van der Waals surface area contributed by atoms with Gasteiger partial charge in [0.05, 0.1) is 0 Å². The lowest BCUT2D eigenvalue weighted by Crippen LogP contribution is -2.36. The van der Waals surface area contributed by atoms with Gasteiger partial charge >= 0.3 is 0 Å². The van der Waals surface area contributed by atoms with Crippen LogP contribution in [0, 0.1) is 0 Å². The van der Waals surface area contributed by atoms with Crippen molar-refractivity contribution in [1.82, 2.24) is 9.80 Å². The molecule has 2 nitrogen and oxygen atoms in total. The maximum atomic E-state index is 2.53. The molecule has 1 aliphatic heterocycles. The smallest absolute Gasteiger partial charge is 0.100 e. The molecule has 1 aliphatic rings. The second kappa shape index (κ2) is 11.0. The molecule has 1 heterocycles. The Morgan fingerprint density at radius 1 is 0.750 bits per heavy atom. The van der Waals surface area contributed by atoms with E-state index in [0.717, 1.165) is 0 Å². The van der Waals surface area contributed by atoms with Crippen molar-refractivity contribution in [3.05, 3.63) is 12.4 Å². The fraction of sp³-hybridized carbons (Fsp3) is 0.889. The molecule has 0 aromatic rings. The van der Waals surface area contributed by atoms with E-state index in [2.05, 4.69) is 43.1 Å². The van der Waals surface area contributed by atoms with Crippen molar-refractivity contribution < 1.29 is 0 Å². The van der Waals surface area contributed by atoms with E-state index in [0.29, 0.717) is 6.17 Å². The normalized spacial score (nSPS) is 18.2. The molecule has 0 aliphatic carbocycles. The van der Waals surface area contributed by atoms with Crippen LogP contribution in [0.1, 0.15) is 84.5 Å². The van der Waals surface area contributed by atoms with E-state index in [9.17, 15) is 0 Å². The highest BCUT2D eigenvalue weighted by atomic mass is 15.4. The molecule has 1 unspecified atom stereocenters. The molecule has 1 atom stereocenters. The molecular formula is C18H36N2. The van der Waals surface area contributed by atoms with E-state index >= 15 is 0 Å². The first-order chi connectivity index (χ1) is 9.79. The fourth-order valence-electron chi connectivity index (χ4n) is 3.02. The molecule has 0 spiro atoms. The third kappa shape index (κ3) is 6.67. The van der Waals surface area contributed by atoms with E-state index in [4.69, 9.17) is 0 Å². The minimum absolute atomic E-state index is 0.627. The molecule has 1 rings (SSSR count). The summed E-state index contributed by atoms with van der Waals surface area (Å²) in [6.07, 6.45) is 20.4. The lowest BCUT2D eigenvalue weighted by atomic mass is 10.1. The molecule has 0 amide bonds. The van der Waals surface area contributed by atoms with Gasteiger partial charge in [0.25, 0.3) is 0 Å². The summed E-state index contributed by atoms with van der Waals surface area (Å²) in [6.45, 7) is 5.78. The van der Waals surface area contributed by atoms with Crippen LogP contribution in [0.15, 0.2) is 12.4 Å². The van der Waals surface area contributed by atoms with Crippen molar-refractivity contribution in [1.29, 1.82) is 0 Å². The van der Waals surface area contributed by atoms with Crippen molar-refractivity contribution >= 4 is 0 Å². The van der Waals surface area contributed by atoms with Crippen LogP contribution in [0.3, 0.4) is 0 Å². The van der Waals surface area contributed by atoms with Gasteiger partial charge in [0.1, 0.15) is 6.17 Å². The third-order valence-electron chi connectivity index (χ3n) is 4.43. The van der Waals surface area contributed by atoms with E-state index in [-0.39, 0.29) is 0 Å². The van der Waals surface area contributed by atoms with Crippen molar-refractivity contribution in [3.8, 4) is 0 Å². The Balaban J connectivity index is 2.04. The predicted molar refractivity (Wildman–Crippen MR) is 89.5 cm³/mol. The number of hydrogen-bond acceptors (Lipinski definition) is 2. The second-order valence-electron chi connectivity index (χ2n) is 6.30. The molecule has 0 radical (unpaired) electrons. The Hall–Kier alpha value is -0.660. The Kier molecular flexibility index (Phi) is 9.61. The first-order valence-electron chi connectivity index (χ1n) is 8.95. The van der Waals surface area contributed by atoms with Crippen LogP contribution < -0.4 is 0 Å². The van der Waals surface area contributed by atoms with Crippen LogP contribution in [0.2, 0.25) is 0 Å². The van der Waals surface area contributed by atoms with Gasteiger partial charge < -0.3 is 9.80 Å². The minimum atomic E-state index is 0.627. The van der Waals surface area contributed by atoms with Gasteiger partial charge in [-0.15, -0.1) is 0 Å². The zero-order valence-electron chi connectivity index (χ0n) is 14.1. The largest absolute Gasteiger partial charge is 0.359 e.